The number of hydrogen-bond donors (Lipinski definition) is 0. The molecule has 88 valence electrons. The third-order valence-corrected chi connectivity index (χ3v) is 3.47. The highest BCUT2D eigenvalue weighted by atomic mass is 16.5. The number of likely N-dealkylation sites (N-methyl/N-ethyl adjacent to an activating group) is 1. The fourth-order valence-corrected chi connectivity index (χ4v) is 2.20. The number of carbonyl (C=O) groups is 1. The van der Waals surface area contributed by atoms with Crippen LogP contribution in [0.1, 0.15) is 32.1 Å². The van der Waals surface area contributed by atoms with Crippen LogP contribution in [-0.2, 0) is 9.53 Å². The van der Waals surface area contributed by atoms with Gasteiger partial charge < -0.3 is 9.64 Å². The van der Waals surface area contributed by atoms with Crippen LogP contribution in [0.3, 0.4) is 0 Å². The van der Waals surface area contributed by atoms with E-state index in [-0.39, 0.29) is 12.0 Å². The molecule has 16 heavy (non-hydrogen) atoms. The largest absolute Gasteiger partial charge is 0.376 e. The third-order valence-electron chi connectivity index (χ3n) is 3.47. The van der Waals surface area contributed by atoms with Crippen LogP contribution in [0.2, 0.25) is 0 Å². The Morgan fingerprint density at radius 1 is 1.56 bits per heavy atom. The van der Waals surface area contributed by atoms with Crippen LogP contribution in [0.15, 0.2) is 0 Å². The fraction of sp³-hybridized carbons (Fsp3) is 0.833. The van der Waals surface area contributed by atoms with Crippen molar-refractivity contribution in [3.05, 3.63) is 0 Å². The van der Waals surface area contributed by atoms with E-state index in [1.807, 2.05) is 0 Å². The lowest BCUT2D eigenvalue weighted by Crippen LogP contribution is -2.40. The first-order valence-electron chi connectivity index (χ1n) is 5.96. The summed E-state index contributed by atoms with van der Waals surface area (Å²) in [5.41, 5.74) is -0.691. The molecule has 2 aliphatic rings. The minimum Gasteiger partial charge on any atom is -0.376 e. The first-order chi connectivity index (χ1) is 7.68. The Balaban J connectivity index is 1.85. The van der Waals surface area contributed by atoms with Gasteiger partial charge in [-0.3, -0.25) is 4.79 Å². The number of nitriles is 1. The van der Waals surface area contributed by atoms with Gasteiger partial charge in [-0.1, -0.05) is 0 Å². The molecular formula is C12H18N2O2. The number of amides is 1. The summed E-state index contributed by atoms with van der Waals surface area (Å²) in [6.45, 7) is 1.43. The molecule has 1 saturated heterocycles. The predicted octanol–water partition coefficient (Wildman–Crippen LogP) is 1.32. The van der Waals surface area contributed by atoms with Crippen molar-refractivity contribution in [2.45, 2.75) is 38.2 Å². The first kappa shape index (κ1) is 11.4. The molecule has 0 N–H and O–H groups in total. The second-order valence-electron chi connectivity index (χ2n) is 4.87. The Morgan fingerprint density at radius 3 is 2.81 bits per heavy atom. The Bertz CT molecular complexity index is 311. The van der Waals surface area contributed by atoms with Gasteiger partial charge in [0.15, 0.2) is 0 Å². The molecule has 1 amide bonds. The molecule has 0 bridgehead atoms. The zero-order chi connectivity index (χ0) is 11.6. The van der Waals surface area contributed by atoms with Gasteiger partial charge in [-0.15, -0.1) is 0 Å². The molecule has 1 atom stereocenters. The van der Waals surface area contributed by atoms with Gasteiger partial charge in [-0.25, -0.2) is 0 Å². The van der Waals surface area contributed by atoms with E-state index < -0.39 is 5.41 Å². The molecule has 4 nitrogen and oxygen atoms in total. The summed E-state index contributed by atoms with van der Waals surface area (Å²) < 4.78 is 5.59. The summed E-state index contributed by atoms with van der Waals surface area (Å²) >= 11 is 0. The number of hydrogen-bond acceptors (Lipinski definition) is 3. The number of ether oxygens (including phenoxy) is 1. The van der Waals surface area contributed by atoms with Crippen LogP contribution in [0, 0.1) is 16.7 Å². The number of rotatable bonds is 3. The van der Waals surface area contributed by atoms with Gasteiger partial charge in [-0.2, -0.15) is 5.26 Å². The van der Waals surface area contributed by atoms with Gasteiger partial charge in [0.25, 0.3) is 0 Å². The van der Waals surface area contributed by atoms with E-state index in [0.717, 1.165) is 32.3 Å². The average molecular weight is 222 g/mol. The van der Waals surface area contributed by atoms with Crippen LogP contribution in [0.5, 0.6) is 0 Å². The molecule has 4 heteroatoms. The topological polar surface area (TPSA) is 53.3 Å². The summed E-state index contributed by atoms with van der Waals surface area (Å²) in [5.74, 6) is -0.0239. The molecule has 0 spiro atoms. The Labute approximate surface area is 96.2 Å². The van der Waals surface area contributed by atoms with Crippen LogP contribution in [0.4, 0.5) is 0 Å². The monoisotopic (exact) mass is 222 g/mol. The Kier molecular flexibility index (Phi) is 3.15. The van der Waals surface area contributed by atoms with Crippen molar-refractivity contribution in [3.63, 3.8) is 0 Å². The minimum atomic E-state index is -0.691. The summed E-state index contributed by atoms with van der Waals surface area (Å²) in [7, 11) is 1.78. The van der Waals surface area contributed by atoms with Gasteiger partial charge >= 0.3 is 0 Å². The lowest BCUT2D eigenvalue weighted by molar-refractivity contribution is -0.136. The minimum absolute atomic E-state index is 0.0239. The van der Waals surface area contributed by atoms with Crippen molar-refractivity contribution in [1.29, 1.82) is 5.26 Å². The zero-order valence-electron chi connectivity index (χ0n) is 9.74. The number of carbonyl (C=O) groups excluding carboxylic acids is 1. The maximum absolute atomic E-state index is 12.0. The second-order valence-corrected chi connectivity index (χ2v) is 4.87. The van der Waals surface area contributed by atoms with E-state index in [1.54, 1.807) is 11.9 Å². The molecule has 1 unspecified atom stereocenters. The van der Waals surface area contributed by atoms with Crippen molar-refractivity contribution < 1.29 is 9.53 Å². The van der Waals surface area contributed by atoms with Crippen LogP contribution in [0.25, 0.3) is 0 Å². The second kappa shape index (κ2) is 4.42. The molecule has 0 radical (unpaired) electrons. The quantitative estimate of drug-likeness (QED) is 0.723. The maximum atomic E-state index is 12.0. The molecule has 1 aliphatic heterocycles. The summed E-state index contributed by atoms with van der Waals surface area (Å²) in [4.78, 5) is 13.7. The lowest BCUT2D eigenvalue weighted by atomic mass is 10.1. The Morgan fingerprint density at radius 2 is 2.31 bits per heavy atom. The van der Waals surface area contributed by atoms with Gasteiger partial charge in [0.1, 0.15) is 5.41 Å². The van der Waals surface area contributed by atoms with E-state index in [4.69, 9.17) is 10.00 Å². The van der Waals surface area contributed by atoms with Crippen molar-refractivity contribution in [2.75, 3.05) is 20.2 Å². The van der Waals surface area contributed by atoms with E-state index in [1.165, 1.54) is 6.42 Å². The van der Waals surface area contributed by atoms with Gasteiger partial charge in [0, 0.05) is 20.2 Å². The summed E-state index contributed by atoms with van der Waals surface area (Å²) in [5, 5.41) is 8.95. The molecular weight excluding hydrogens is 204 g/mol. The van der Waals surface area contributed by atoms with Gasteiger partial charge in [0.05, 0.1) is 12.2 Å². The van der Waals surface area contributed by atoms with Gasteiger partial charge in [0.2, 0.25) is 5.91 Å². The maximum Gasteiger partial charge on any atom is 0.242 e. The molecule has 0 aromatic carbocycles. The van der Waals surface area contributed by atoms with Gasteiger partial charge in [-0.05, 0) is 32.1 Å². The molecule has 0 aromatic rings. The lowest BCUT2D eigenvalue weighted by Gasteiger charge is -2.28. The van der Waals surface area contributed by atoms with Crippen LogP contribution >= 0.6 is 0 Å². The number of nitrogens with zero attached hydrogens (tertiary/aromatic N) is 2. The summed E-state index contributed by atoms with van der Waals surface area (Å²) in [6, 6.07) is 2.14. The Hall–Kier alpha value is -1.08. The molecule has 1 aliphatic carbocycles. The van der Waals surface area contributed by atoms with Crippen molar-refractivity contribution >= 4 is 5.91 Å². The molecule has 1 heterocycles. The third kappa shape index (κ3) is 2.19. The van der Waals surface area contributed by atoms with Crippen LogP contribution < -0.4 is 0 Å². The van der Waals surface area contributed by atoms with E-state index >= 15 is 0 Å². The van der Waals surface area contributed by atoms with E-state index in [9.17, 15) is 4.79 Å². The smallest absolute Gasteiger partial charge is 0.242 e. The van der Waals surface area contributed by atoms with Crippen molar-refractivity contribution in [2.24, 2.45) is 5.41 Å². The normalized spacial score (nSPS) is 26.9. The zero-order valence-corrected chi connectivity index (χ0v) is 9.74. The highest BCUT2D eigenvalue weighted by Crippen LogP contribution is 2.46. The SMILES string of the molecule is CN(CC1CCCCO1)C(=O)C1(C#N)CC1. The molecule has 2 fully saturated rings. The standard InChI is InChI=1S/C12H18N2O2/c1-14(8-10-4-2-3-7-16-10)11(15)12(9-13)5-6-12/h10H,2-8H2,1H3. The van der Waals surface area contributed by atoms with Crippen LogP contribution in [-0.4, -0.2) is 37.1 Å². The highest BCUT2D eigenvalue weighted by molar-refractivity contribution is 5.88. The first-order valence-corrected chi connectivity index (χ1v) is 5.96. The highest BCUT2D eigenvalue weighted by Gasteiger charge is 2.52. The predicted molar refractivity (Wildman–Crippen MR) is 58.5 cm³/mol. The van der Waals surface area contributed by atoms with E-state index in [2.05, 4.69) is 6.07 Å². The van der Waals surface area contributed by atoms with E-state index in [0.29, 0.717) is 6.54 Å². The average Bonchev–Trinajstić information content (AvgIpc) is 3.10. The molecule has 0 aromatic heterocycles. The summed E-state index contributed by atoms with van der Waals surface area (Å²) in [6.07, 6.45) is 4.93. The molecule has 1 saturated carbocycles. The fourth-order valence-electron chi connectivity index (χ4n) is 2.20. The molecule has 2 rings (SSSR count). The van der Waals surface area contributed by atoms with Crippen molar-refractivity contribution in [1.82, 2.24) is 4.90 Å². The van der Waals surface area contributed by atoms with Crippen molar-refractivity contribution in [3.8, 4) is 6.07 Å².